The van der Waals surface area contributed by atoms with E-state index in [-0.39, 0.29) is 18.7 Å². The lowest BCUT2D eigenvalue weighted by atomic mass is 9.95. The van der Waals surface area contributed by atoms with Crippen molar-refractivity contribution in [1.82, 2.24) is 15.6 Å². The van der Waals surface area contributed by atoms with Gasteiger partial charge in [0.25, 0.3) is 0 Å². The van der Waals surface area contributed by atoms with Crippen LogP contribution in [0.2, 0.25) is 0 Å². The van der Waals surface area contributed by atoms with Crippen LogP contribution in [0.15, 0.2) is 36.5 Å². The average molecular weight is 335 g/mol. The number of benzene rings is 1. The summed E-state index contributed by atoms with van der Waals surface area (Å²) in [7, 11) is 0. The Morgan fingerprint density at radius 2 is 2.00 bits per heavy atom. The van der Waals surface area contributed by atoms with Crippen LogP contribution in [0.3, 0.4) is 0 Å². The van der Waals surface area contributed by atoms with Crippen molar-refractivity contribution in [3.8, 4) is 0 Å². The van der Waals surface area contributed by atoms with Gasteiger partial charge in [-0.15, -0.1) is 0 Å². The van der Waals surface area contributed by atoms with Crippen LogP contribution in [0.5, 0.6) is 0 Å². The molecule has 24 heavy (non-hydrogen) atoms. The van der Waals surface area contributed by atoms with E-state index >= 15 is 0 Å². The highest BCUT2D eigenvalue weighted by molar-refractivity contribution is 5.73. The molecule has 0 radical (unpaired) electrons. The van der Waals surface area contributed by atoms with Crippen LogP contribution in [0.1, 0.15) is 23.7 Å². The van der Waals surface area contributed by atoms with Crippen molar-refractivity contribution in [2.24, 2.45) is 0 Å². The number of aliphatic hydroxyl groups is 1. The Morgan fingerprint density at radius 1 is 1.25 bits per heavy atom. The van der Waals surface area contributed by atoms with Crippen molar-refractivity contribution in [1.29, 1.82) is 0 Å². The van der Waals surface area contributed by atoms with Crippen molar-refractivity contribution >= 4 is 6.03 Å². The summed E-state index contributed by atoms with van der Waals surface area (Å²) in [4.78, 5) is 15.9. The minimum absolute atomic E-state index is 0.0908. The number of carbonyl (C=O) groups is 1. The summed E-state index contributed by atoms with van der Waals surface area (Å²) in [6.45, 7) is 3.24. The largest absolute Gasteiger partial charge is 0.383 e. The number of nitrogens with one attached hydrogen (secondary N) is 2. The Labute approximate surface area is 138 Å². The van der Waals surface area contributed by atoms with E-state index in [0.717, 1.165) is 23.4 Å². The first-order chi connectivity index (χ1) is 11.3. The number of nitrogens with zero attached hydrogens (tertiary/aromatic N) is 1. The lowest BCUT2D eigenvalue weighted by Crippen LogP contribution is -2.43. The third-order valence-corrected chi connectivity index (χ3v) is 3.53. The fourth-order valence-electron chi connectivity index (χ4n) is 2.12. The van der Waals surface area contributed by atoms with Gasteiger partial charge in [0.2, 0.25) is 0 Å². The van der Waals surface area contributed by atoms with Gasteiger partial charge in [0.1, 0.15) is 17.2 Å². The minimum Gasteiger partial charge on any atom is -0.383 e. The van der Waals surface area contributed by atoms with Gasteiger partial charge in [-0.2, -0.15) is 0 Å². The van der Waals surface area contributed by atoms with E-state index in [1.54, 1.807) is 6.20 Å². The molecule has 1 atom stereocenters. The number of carbonyl (C=O) groups excluding carboxylic acids is 1. The van der Waals surface area contributed by atoms with E-state index in [9.17, 15) is 18.7 Å². The topological polar surface area (TPSA) is 74.2 Å². The maximum Gasteiger partial charge on any atom is 0.315 e. The molecule has 2 rings (SSSR count). The van der Waals surface area contributed by atoms with Crippen molar-refractivity contribution in [2.45, 2.75) is 26.0 Å². The summed E-state index contributed by atoms with van der Waals surface area (Å²) in [5.74, 6) is -1.60. The lowest BCUT2D eigenvalue weighted by molar-refractivity contribution is 0.0555. The first-order valence-electron chi connectivity index (χ1n) is 7.39. The Kier molecular flexibility index (Phi) is 5.46. The van der Waals surface area contributed by atoms with Gasteiger partial charge in [0, 0.05) is 30.1 Å². The number of aryl methyl sites for hydroxylation is 1. The number of hydrogen-bond donors (Lipinski definition) is 3. The maximum absolute atomic E-state index is 13.7. The van der Waals surface area contributed by atoms with Gasteiger partial charge in [-0.25, -0.2) is 13.6 Å². The van der Waals surface area contributed by atoms with Gasteiger partial charge in [0.05, 0.1) is 6.54 Å². The molecule has 2 aromatic rings. The second-order valence-electron chi connectivity index (χ2n) is 5.74. The normalized spacial score (nSPS) is 13.2. The van der Waals surface area contributed by atoms with E-state index in [4.69, 9.17) is 0 Å². The molecule has 5 nitrogen and oxygen atoms in total. The molecule has 128 valence electrons. The number of pyridine rings is 1. The number of amides is 2. The second kappa shape index (κ2) is 7.35. The molecule has 0 aliphatic carbocycles. The zero-order chi connectivity index (χ0) is 17.7. The maximum atomic E-state index is 13.7. The van der Waals surface area contributed by atoms with Gasteiger partial charge in [-0.3, -0.25) is 4.98 Å². The van der Waals surface area contributed by atoms with Gasteiger partial charge in [-0.05, 0) is 31.5 Å². The Bertz CT molecular complexity index is 718. The molecule has 1 aromatic carbocycles. The summed E-state index contributed by atoms with van der Waals surface area (Å²) in [5.41, 5.74) is -0.0554. The molecule has 0 aliphatic heterocycles. The summed E-state index contributed by atoms with van der Waals surface area (Å²) in [6.07, 6.45) is 1.65. The first-order valence-corrected chi connectivity index (χ1v) is 7.39. The molecular weight excluding hydrogens is 316 g/mol. The van der Waals surface area contributed by atoms with Crippen LogP contribution in [0, 0.1) is 18.6 Å². The highest BCUT2D eigenvalue weighted by Gasteiger charge is 2.27. The third-order valence-electron chi connectivity index (χ3n) is 3.53. The van der Waals surface area contributed by atoms with E-state index in [2.05, 4.69) is 15.6 Å². The Hall–Kier alpha value is -2.54. The van der Waals surface area contributed by atoms with Crippen molar-refractivity contribution in [2.75, 3.05) is 6.54 Å². The van der Waals surface area contributed by atoms with Crippen LogP contribution in [-0.2, 0) is 12.1 Å². The first kappa shape index (κ1) is 17.8. The van der Waals surface area contributed by atoms with E-state index in [1.165, 1.54) is 6.92 Å². The summed E-state index contributed by atoms with van der Waals surface area (Å²) in [5, 5.41) is 15.4. The van der Waals surface area contributed by atoms with E-state index < -0.39 is 23.3 Å². The van der Waals surface area contributed by atoms with Gasteiger partial charge >= 0.3 is 6.03 Å². The highest BCUT2D eigenvalue weighted by atomic mass is 19.1. The molecule has 3 N–H and O–H groups in total. The van der Waals surface area contributed by atoms with Crippen LogP contribution in [-0.4, -0.2) is 22.7 Å². The fourth-order valence-corrected chi connectivity index (χ4v) is 2.12. The predicted molar refractivity (Wildman–Crippen MR) is 85.1 cm³/mol. The quantitative estimate of drug-likeness (QED) is 0.785. The summed E-state index contributed by atoms with van der Waals surface area (Å²) >= 11 is 0. The van der Waals surface area contributed by atoms with Crippen LogP contribution in [0.4, 0.5) is 13.6 Å². The Morgan fingerprint density at radius 3 is 2.62 bits per heavy atom. The molecular formula is C17H19F2N3O2. The van der Waals surface area contributed by atoms with Crippen LogP contribution in [0.25, 0.3) is 0 Å². The molecule has 1 aromatic heterocycles. The van der Waals surface area contributed by atoms with E-state index in [1.807, 2.05) is 19.1 Å². The number of rotatable bonds is 5. The molecule has 0 saturated heterocycles. The molecule has 0 bridgehead atoms. The molecule has 0 spiro atoms. The number of aromatic nitrogens is 1. The van der Waals surface area contributed by atoms with Crippen molar-refractivity contribution in [3.05, 3.63) is 65.0 Å². The van der Waals surface area contributed by atoms with Crippen molar-refractivity contribution in [3.63, 3.8) is 0 Å². The smallest absolute Gasteiger partial charge is 0.315 e. The lowest BCUT2D eigenvalue weighted by Gasteiger charge is -2.24. The average Bonchev–Trinajstić information content (AvgIpc) is 2.52. The van der Waals surface area contributed by atoms with Gasteiger partial charge in [-0.1, -0.05) is 12.1 Å². The molecule has 0 saturated carbocycles. The van der Waals surface area contributed by atoms with Gasteiger partial charge < -0.3 is 15.7 Å². The van der Waals surface area contributed by atoms with Crippen LogP contribution >= 0.6 is 0 Å². The number of hydrogen-bond acceptors (Lipinski definition) is 3. The standard InChI is InChI=1S/C17H19F2N3O2/c1-11-3-4-12(8-20-11)9-21-16(23)22-10-17(2,24)14-6-5-13(18)7-15(14)19/h3-8,24H,9-10H2,1-2H3,(H2,21,22,23)/t17-/m0/s1. The Balaban J connectivity index is 1.89. The van der Waals surface area contributed by atoms with Gasteiger partial charge in [0.15, 0.2) is 0 Å². The monoisotopic (exact) mass is 335 g/mol. The summed E-state index contributed by atoms with van der Waals surface area (Å²) < 4.78 is 26.7. The van der Waals surface area contributed by atoms with E-state index in [0.29, 0.717) is 6.07 Å². The zero-order valence-electron chi connectivity index (χ0n) is 13.4. The second-order valence-corrected chi connectivity index (χ2v) is 5.74. The fraction of sp³-hybridized carbons (Fsp3) is 0.294. The molecule has 7 heteroatoms. The molecule has 0 unspecified atom stereocenters. The number of urea groups is 1. The SMILES string of the molecule is Cc1ccc(CNC(=O)NC[C@](C)(O)c2ccc(F)cc2F)cn1. The number of halogens is 2. The van der Waals surface area contributed by atoms with Crippen LogP contribution < -0.4 is 10.6 Å². The summed E-state index contributed by atoms with van der Waals surface area (Å²) in [6, 6.07) is 6.05. The minimum atomic E-state index is -1.67. The zero-order valence-corrected chi connectivity index (χ0v) is 13.4. The van der Waals surface area contributed by atoms with Crippen molar-refractivity contribution < 1.29 is 18.7 Å². The highest BCUT2D eigenvalue weighted by Crippen LogP contribution is 2.23. The molecule has 2 amide bonds. The molecule has 0 aliphatic rings. The predicted octanol–water partition coefficient (Wildman–Crippen LogP) is 2.38. The third kappa shape index (κ3) is 4.73. The molecule has 0 fully saturated rings. The molecule has 1 heterocycles.